The molecule has 2 atom stereocenters. The molecule has 0 saturated carbocycles. The van der Waals surface area contributed by atoms with Gasteiger partial charge in [0.2, 0.25) is 23.6 Å². The van der Waals surface area contributed by atoms with E-state index in [1.165, 1.54) is 66.2 Å². The summed E-state index contributed by atoms with van der Waals surface area (Å²) in [6, 6.07) is 0. The molecule has 0 aromatic rings. The second kappa shape index (κ2) is 33.2. The Morgan fingerprint density at radius 2 is 0.926 bits per heavy atom. The summed E-state index contributed by atoms with van der Waals surface area (Å²) in [5.41, 5.74) is 0. The number of aliphatic carboxylic acids is 3. The number of unbranched alkanes of at least 4 members (excludes halogenated alkanes) is 9. The van der Waals surface area contributed by atoms with Crippen molar-refractivity contribution in [2.24, 2.45) is 0 Å². The number of hydrogen-bond acceptors (Lipinski definition) is 15. The average molecular weight is 837 g/mol. The van der Waals surface area contributed by atoms with Crippen LogP contribution in [0.5, 0.6) is 0 Å². The second-order valence-electron chi connectivity index (χ2n) is 11.2. The minimum Gasteiger partial charge on any atom is -0.550 e. The van der Waals surface area contributed by atoms with Gasteiger partial charge in [-0.2, -0.15) is 16.8 Å². The molecule has 3 N–H and O–H groups in total. The van der Waals surface area contributed by atoms with E-state index in [2.05, 4.69) is 6.92 Å². The molecular weight excluding hydrogens is 786 g/mol. The van der Waals surface area contributed by atoms with Crippen molar-refractivity contribution in [1.82, 2.24) is 9.80 Å². The number of carbonyl (C=O) groups excluding carboxylic acids is 7. The zero-order chi connectivity index (χ0) is 41.2. The molecule has 24 heteroatoms. The van der Waals surface area contributed by atoms with Gasteiger partial charge in [0.25, 0.3) is 20.2 Å². The van der Waals surface area contributed by atoms with E-state index in [-0.39, 0.29) is 78.8 Å². The standard InChI is InChI=1S/C16H30O7S.C10H16N2O4.C4H6O7S.2Na/c1-2-3-4-5-6-7-8-9-10-11-12-23-16(19)14(13-15(17)18)24(20,21)22;1-7(13)11(8(2)14)5-6-12(9(3)15)10(4)16;5-3(6)1-2(4(7)8)12(9,10)11;;/h14H,2-13H2,1H3,(H,17,18)(H,20,21,22);5-6H2,1-4H3;2H,1H2,(H,5,6)(H,7,8)(H,9,10,11);;/q;;;2*+1/p-2. The van der Waals surface area contributed by atoms with Gasteiger partial charge in [0.15, 0.2) is 5.25 Å². The van der Waals surface area contributed by atoms with Crippen LogP contribution in [0.4, 0.5) is 0 Å². The summed E-state index contributed by atoms with van der Waals surface area (Å²) in [4.78, 5) is 88.0. The first-order valence-electron chi connectivity index (χ1n) is 16.1. The minimum atomic E-state index is -4.90. The van der Waals surface area contributed by atoms with E-state index in [0.29, 0.717) is 6.42 Å². The summed E-state index contributed by atoms with van der Waals surface area (Å²) in [6.45, 7) is 7.28. The van der Waals surface area contributed by atoms with Crippen LogP contribution >= 0.6 is 0 Å². The minimum absolute atomic E-state index is 0. The summed E-state index contributed by atoms with van der Waals surface area (Å²) in [7, 11) is -9.72. The van der Waals surface area contributed by atoms with Crippen LogP contribution in [0.25, 0.3) is 0 Å². The van der Waals surface area contributed by atoms with Crippen molar-refractivity contribution < 1.29 is 143 Å². The van der Waals surface area contributed by atoms with E-state index in [9.17, 15) is 65.4 Å². The molecule has 54 heavy (non-hydrogen) atoms. The van der Waals surface area contributed by atoms with Crippen molar-refractivity contribution in [2.45, 2.75) is 122 Å². The molecule has 0 rings (SSSR count). The number of ether oxygens (including phenoxy) is 1. The monoisotopic (exact) mass is 836 g/mol. The van der Waals surface area contributed by atoms with Crippen molar-refractivity contribution in [3.8, 4) is 0 Å². The number of hydrogen-bond donors (Lipinski definition) is 3. The molecule has 0 aromatic carbocycles. The van der Waals surface area contributed by atoms with Crippen molar-refractivity contribution >= 4 is 67.7 Å². The Kier molecular flexibility index (Phi) is 37.6. The number of nitrogens with zero attached hydrogens (tertiary/aromatic N) is 2. The molecule has 0 heterocycles. The third-order valence-corrected chi connectivity index (χ3v) is 8.92. The molecule has 2 unspecified atom stereocenters. The van der Waals surface area contributed by atoms with Gasteiger partial charge < -0.3 is 29.6 Å². The molecular formula is C30H50N2Na2O18S2. The molecule has 20 nitrogen and oxygen atoms in total. The number of carboxylic acid groups (broad SMARTS) is 3. The summed E-state index contributed by atoms with van der Waals surface area (Å²) < 4.78 is 64.1. The zero-order valence-corrected chi connectivity index (χ0v) is 37.6. The third kappa shape index (κ3) is 33.3. The summed E-state index contributed by atoms with van der Waals surface area (Å²) in [5.74, 6) is -8.40. The van der Waals surface area contributed by atoms with Gasteiger partial charge in [-0.05, 0) is 6.42 Å². The van der Waals surface area contributed by atoms with E-state index in [1.807, 2.05) is 0 Å². The van der Waals surface area contributed by atoms with Crippen molar-refractivity contribution in [1.29, 1.82) is 0 Å². The zero-order valence-electron chi connectivity index (χ0n) is 31.9. The maximum atomic E-state index is 11.5. The van der Waals surface area contributed by atoms with Crippen molar-refractivity contribution in [3.63, 3.8) is 0 Å². The van der Waals surface area contributed by atoms with Gasteiger partial charge in [0, 0.05) is 53.2 Å². The second-order valence-corrected chi connectivity index (χ2v) is 14.4. The van der Waals surface area contributed by atoms with Crippen LogP contribution < -0.4 is 69.3 Å². The van der Waals surface area contributed by atoms with Crippen LogP contribution in [0.15, 0.2) is 0 Å². The van der Waals surface area contributed by atoms with Gasteiger partial charge in [-0.3, -0.25) is 47.7 Å². The molecule has 0 saturated heterocycles. The van der Waals surface area contributed by atoms with Gasteiger partial charge in [0.1, 0.15) is 5.25 Å². The first-order valence-corrected chi connectivity index (χ1v) is 19.1. The molecule has 0 aliphatic heterocycles. The largest absolute Gasteiger partial charge is 1.00 e. The van der Waals surface area contributed by atoms with Gasteiger partial charge in [-0.15, -0.1) is 0 Å². The number of esters is 1. The first-order chi connectivity index (χ1) is 23.8. The first kappa shape index (κ1) is 61.2. The summed E-state index contributed by atoms with van der Waals surface area (Å²) in [6.07, 6.45) is 8.68. The van der Waals surface area contributed by atoms with Gasteiger partial charge >= 0.3 is 71.1 Å². The fourth-order valence-corrected chi connectivity index (χ4v) is 5.31. The van der Waals surface area contributed by atoms with E-state index >= 15 is 0 Å². The van der Waals surface area contributed by atoms with Gasteiger partial charge in [0.05, 0.1) is 19.0 Å². The molecule has 0 radical (unpaired) electrons. The topological polar surface area (TPSA) is 327 Å². The molecule has 0 bridgehead atoms. The fourth-order valence-electron chi connectivity index (χ4n) is 4.06. The number of imide groups is 2. The Balaban J connectivity index is -0.000000232. The van der Waals surface area contributed by atoms with E-state index in [0.717, 1.165) is 29.1 Å². The molecule has 4 amide bonds. The molecule has 302 valence electrons. The normalized spacial score (nSPS) is 11.5. The molecule has 0 aliphatic carbocycles. The number of rotatable bonds is 22. The van der Waals surface area contributed by atoms with E-state index in [4.69, 9.17) is 18.9 Å². The maximum absolute atomic E-state index is 11.5. The Bertz CT molecular complexity index is 1360. The summed E-state index contributed by atoms with van der Waals surface area (Å²) >= 11 is 0. The molecule has 0 fully saturated rings. The number of amides is 4. The smallest absolute Gasteiger partial charge is 0.550 e. The van der Waals surface area contributed by atoms with Crippen LogP contribution in [0.1, 0.15) is 112 Å². The third-order valence-electron chi connectivity index (χ3n) is 6.77. The van der Waals surface area contributed by atoms with Crippen LogP contribution in [0.3, 0.4) is 0 Å². The SMILES string of the molecule is CC(=O)N(CCN(C(C)=O)C(C)=O)C(C)=O.CCCCCCCCCCCCOC(=O)C(CC(=O)[O-])S(=O)(=O)O.O=C(O)CC(C(=O)[O-])S(=O)(=O)O.[Na+].[Na+]. The Labute approximate surface area is 360 Å². The fraction of sp³-hybridized carbons (Fsp3) is 0.733. The van der Waals surface area contributed by atoms with Crippen LogP contribution in [-0.4, -0.2) is 119 Å². The van der Waals surface area contributed by atoms with Crippen LogP contribution in [0, 0.1) is 0 Å². The van der Waals surface area contributed by atoms with Crippen LogP contribution in [-0.2, 0) is 63.3 Å². The quantitative estimate of drug-likeness (QED) is 0.0395. The Hall–Kier alpha value is -2.02. The van der Waals surface area contributed by atoms with Crippen molar-refractivity contribution in [3.05, 3.63) is 0 Å². The van der Waals surface area contributed by atoms with E-state index < -0.39 is 91.1 Å². The molecule has 0 aromatic heterocycles. The predicted molar refractivity (Wildman–Crippen MR) is 176 cm³/mol. The predicted octanol–water partition coefficient (Wildman–Crippen LogP) is -6.90. The number of carbonyl (C=O) groups is 8. The molecule has 0 spiro atoms. The molecule has 0 aliphatic rings. The average Bonchev–Trinajstić information content (AvgIpc) is 2.98. The van der Waals surface area contributed by atoms with Crippen molar-refractivity contribution in [2.75, 3.05) is 19.7 Å². The van der Waals surface area contributed by atoms with E-state index in [1.54, 1.807) is 0 Å². The van der Waals surface area contributed by atoms with Gasteiger partial charge in [-0.25, -0.2) is 0 Å². The number of carboxylic acids is 3. The maximum Gasteiger partial charge on any atom is 1.00 e. The Morgan fingerprint density at radius 3 is 1.17 bits per heavy atom. The summed E-state index contributed by atoms with van der Waals surface area (Å²) in [5, 5.41) is 23.9. The Morgan fingerprint density at radius 1 is 0.593 bits per heavy atom. The van der Waals surface area contributed by atoms with Gasteiger partial charge in [-0.1, -0.05) is 64.7 Å². The van der Waals surface area contributed by atoms with Crippen LogP contribution in [0.2, 0.25) is 0 Å².